The molecule has 0 aromatic carbocycles. The van der Waals surface area contributed by atoms with E-state index in [-0.39, 0.29) is 5.91 Å². The van der Waals surface area contributed by atoms with Crippen LogP contribution in [0.15, 0.2) is 11.1 Å². The second-order valence-electron chi connectivity index (χ2n) is 3.20. The van der Waals surface area contributed by atoms with Gasteiger partial charge in [0, 0.05) is 30.7 Å². The van der Waals surface area contributed by atoms with Gasteiger partial charge in [0.2, 0.25) is 5.91 Å². The van der Waals surface area contributed by atoms with Crippen LogP contribution in [-0.4, -0.2) is 48.4 Å². The van der Waals surface area contributed by atoms with Gasteiger partial charge in [-0.3, -0.25) is 9.69 Å². The summed E-state index contributed by atoms with van der Waals surface area (Å²) < 4.78 is 0.935. The fraction of sp³-hybridized carbons (Fsp3) is 0.667. The molecule has 1 fully saturated rings. The Balaban J connectivity index is 2.41. The number of hydrogen-bond donors (Lipinski definition) is 0. The Labute approximate surface area is 87.5 Å². The van der Waals surface area contributed by atoms with E-state index < -0.39 is 0 Å². The molecule has 1 aliphatic heterocycles. The lowest BCUT2D eigenvalue weighted by Crippen LogP contribution is -2.50. The van der Waals surface area contributed by atoms with E-state index in [0.29, 0.717) is 6.54 Å². The molecule has 1 amide bonds. The number of nitrogens with zero attached hydrogens (tertiary/aromatic N) is 2. The number of piperazine rings is 1. The van der Waals surface area contributed by atoms with Crippen LogP contribution in [0.25, 0.3) is 0 Å². The molecule has 1 heterocycles. The van der Waals surface area contributed by atoms with E-state index in [1.807, 2.05) is 11.8 Å². The Kier molecular flexibility index (Phi) is 3.93. The van der Waals surface area contributed by atoms with Gasteiger partial charge in [0.25, 0.3) is 0 Å². The summed E-state index contributed by atoms with van der Waals surface area (Å²) in [6.07, 6.45) is 0. The molecule has 0 atom stereocenters. The van der Waals surface area contributed by atoms with Crippen molar-refractivity contribution in [1.82, 2.24) is 9.80 Å². The highest BCUT2D eigenvalue weighted by Gasteiger charge is 2.22. The van der Waals surface area contributed by atoms with Gasteiger partial charge in [-0.05, 0) is 6.92 Å². The van der Waals surface area contributed by atoms with Crippen LogP contribution in [0.3, 0.4) is 0 Å². The number of rotatable bonds is 3. The summed E-state index contributed by atoms with van der Waals surface area (Å²) in [5, 5.41) is 0. The van der Waals surface area contributed by atoms with Crippen LogP contribution in [0, 0.1) is 0 Å². The predicted molar refractivity (Wildman–Crippen MR) is 56.8 cm³/mol. The van der Waals surface area contributed by atoms with Gasteiger partial charge in [0.15, 0.2) is 0 Å². The minimum Gasteiger partial charge on any atom is -0.341 e. The molecular formula is C9H15BrN2O. The molecule has 0 N–H and O–H groups in total. The maximum atomic E-state index is 11.5. The first-order valence-electron chi connectivity index (χ1n) is 4.47. The molecule has 0 aliphatic carbocycles. The number of halogens is 1. The average Bonchev–Trinajstić information content (AvgIpc) is 2.03. The van der Waals surface area contributed by atoms with Gasteiger partial charge in [-0.25, -0.2) is 0 Å². The number of carbonyl (C=O) groups is 1. The standard InChI is InChI=1S/C9H15BrN2O/c1-3-12-5-4-11(6-8(2)10)7-9(12)13/h2-7H2,1H3. The van der Waals surface area contributed by atoms with Crippen LogP contribution in [0.5, 0.6) is 0 Å². The van der Waals surface area contributed by atoms with Crippen LogP contribution in [-0.2, 0) is 4.79 Å². The van der Waals surface area contributed by atoms with Crippen molar-refractivity contribution < 1.29 is 4.79 Å². The van der Waals surface area contributed by atoms with Crippen molar-refractivity contribution in [3.05, 3.63) is 11.1 Å². The number of hydrogen-bond acceptors (Lipinski definition) is 2. The van der Waals surface area contributed by atoms with E-state index >= 15 is 0 Å². The van der Waals surface area contributed by atoms with E-state index in [1.165, 1.54) is 0 Å². The largest absolute Gasteiger partial charge is 0.341 e. The first kappa shape index (κ1) is 10.7. The summed E-state index contributed by atoms with van der Waals surface area (Å²) in [7, 11) is 0. The quantitative estimate of drug-likeness (QED) is 0.744. The van der Waals surface area contributed by atoms with E-state index in [0.717, 1.165) is 30.7 Å². The molecule has 0 unspecified atom stereocenters. The topological polar surface area (TPSA) is 23.6 Å². The summed E-state index contributed by atoms with van der Waals surface area (Å²) in [5.41, 5.74) is 0. The Morgan fingerprint density at radius 1 is 1.62 bits per heavy atom. The second kappa shape index (κ2) is 4.77. The molecule has 0 spiro atoms. The van der Waals surface area contributed by atoms with Gasteiger partial charge in [-0.15, -0.1) is 0 Å². The smallest absolute Gasteiger partial charge is 0.236 e. The highest BCUT2D eigenvalue weighted by molar-refractivity contribution is 9.11. The molecule has 0 aromatic rings. The maximum Gasteiger partial charge on any atom is 0.236 e. The molecule has 1 aliphatic rings. The van der Waals surface area contributed by atoms with Crippen molar-refractivity contribution in [3.63, 3.8) is 0 Å². The third kappa shape index (κ3) is 3.12. The van der Waals surface area contributed by atoms with Crippen LogP contribution < -0.4 is 0 Å². The summed E-state index contributed by atoms with van der Waals surface area (Å²) in [4.78, 5) is 15.4. The van der Waals surface area contributed by atoms with Gasteiger partial charge >= 0.3 is 0 Å². The maximum absolute atomic E-state index is 11.5. The van der Waals surface area contributed by atoms with Crippen molar-refractivity contribution in [3.8, 4) is 0 Å². The zero-order chi connectivity index (χ0) is 9.84. The molecular weight excluding hydrogens is 232 g/mol. The number of carbonyl (C=O) groups excluding carboxylic acids is 1. The van der Waals surface area contributed by atoms with Crippen molar-refractivity contribution in [1.29, 1.82) is 0 Å². The first-order valence-corrected chi connectivity index (χ1v) is 5.26. The van der Waals surface area contributed by atoms with Crippen LogP contribution >= 0.6 is 15.9 Å². The predicted octanol–water partition coefficient (Wildman–Crippen LogP) is 1.06. The van der Waals surface area contributed by atoms with Gasteiger partial charge < -0.3 is 4.90 Å². The van der Waals surface area contributed by atoms with E-state index in [4.69, 9.17) is 0 Å². The lowest BCUT2D eigenvalue weighted by Gasteiger charge is -2.33. The lowest BCUT2D eigenvalue weighted by atomic mass is 10.3. The molecule has 0 saturated carbocycles. The minimum atomic E-state index is 0.225. The summed E-state index contributed by atoms with van der Waals surface area (Å²) in [5.74, 6) is 0.225. The Bertz CT molecular complexity index is 218. The van der Waals surface area contributed by atoms with Crippen LogP contribution in [0.1, 0.15) is 6.92 Å². The van der Waals surface area contributed by atoms with Gasteiger partial charge in [0.05, 0.1) is 6.54 Å². The fourth-order valence-corrected chi connectivity index (χ4v) is 1.82. The van der Waals surface area contributed by atoms with Crippen LogP contribution in [0.2, 0.25) is 0 Å². The second-order valence-corrected chi connectivity index (χ2v) is 4.32. The van der Waals surface area contributed by atoms with E-state index in [1.54, 1.807) is 0 Å². The van der Waals surface area contributed by atoms with E-state index in [9.17, 15) is 4.79 Å². The van der Waals surface area contributed by atoms with Gasteiger partial charge in [-0.1, -0.05) is 22.5 Å². The Hall–Kier alpha value is -0.350. The van der Waals surface area contributed by atoms with Crippen molar-refractivity contribution >= 4 is 21.8 Å². The average molecular weight is 247 g/mol. The molecule has 0 bridgehead atoms. The minimum absolute atomic E-state index is 0.225. The highest BCUT2D eigenvalue weighted by atomic mass is 79.9. The molecule has 0 aromatic heterocycles. The van der Waals surface area contributed by atoms with Gasteiger partial charge in [-0.2, -0.15) is 0 Å². The third-order valence-corrected chi connectivity index (χ3v) is 2.43. The van der Waals surface area contributed by atoms with E-state index in [2.05, 4.69) is 27.4 Å². The fourth-order valence-electron chi connectivity index (χ4n) is 1.47. The monoisotopic (exact) mass is 246 g/mol. The van der Waals surface area contributed by atoms with Crippen molar-refractivity contribution in [2.24, 2.45) is 0 Å². The molecule has 3 nitrogen and oxygen atoms in total. The molecule has 74 valence electrons. The Morgan fingerprint density at radius 2 is 2.31 bits per heavy atom. The zero-order valence-corrected chi connectivity index (χ0v) is 9.51. The summed E-state index contributed by atoms with van der Waals surface area (Å²) >= 11 is 3.30. The summed E-state index contributed by atoms with van der Waals surface area (Å²) in [6.45, 7) is 9.68. The molecule has 0 radical (unpaired) electrons. The normalized spacial score (nSPS) is 19.2. The molecule has 1 rings (SSSR count). The number of amides is 1. The first-order chi connectivity index (χ1) is 6.13. The SMILES string of the molecule is C=C(Br)CN1CCN(CC)C(=O)C1. The third-order valence-electron chi connectivity index (χ3n) is 2.17. The number of likely N-dealkylation sites (N-methyl/N-ethyl adjacent to an activating group) is 1. The highest BCUT2D eigenvalue weighted by Crippen LogP contribution is 2.08. The summed E-state index contributed by atoms with van der Waals surface area (Å²) in [6, 6.07) is 0. The van der Waals surface area contributed by atoms with Crippen molar-refractivity contribution in [2.75, 3.05) is 32.7 Å². The molecule has 4 heteroatoms. The molecule has 1 saturated heterocycles. The zero-order valence-electron chi connectivity index (χ0n) is 7.92. The Morgan fingerprint density at radius 3 is 2.77 bits per heavy atom. The van der Waals surface area contributed by atoms with Gasteiger partial charge in [0.1, 0.15) is 0 Å². The van der Waals surface area contributed by atoms with Crippen molar-refractivity contribution in [2.45, 2.75) is 6.92 Å². The van der Waals surface area contributed by atoms with Crippen LogP contribution in [0.4, 0.5) is 0 Å². The lowest BCUT2D eigenvalue weighted by molar-refractivity contribution is -0.135. The molecule has 13 heavy (non-hydrogen) atoms.